The van der Waals surface area contributed by atoms with Crippen molar-refractivity contribution in [2.45, 2.75) is 33.2 Å². The Morgan fingerprint density at radius 2 is 1.92 bits per heavy atom. The molecule has 0 heterocycles. The summed E-state index contributed by atoms with van der Waals surface area (Å²) in [6, 6.07) is 0.0495. The van der Waals surface area contributed by atoms with Crippen LogP contribution in [0.2, 0.25) is 0 Å². The van der Waals surface area contributed by atoms with Gasteiger partial charge in [0.05, 0.1) is 5.75 Å². The lowest BCUT2D eigenvalue weighted by molar-refractivity contribution is 0.336. The summed E-state index contributed by atoms with van der Waals surface area (Å²) in [5.74, 6) is 0.150. The van der Waals surface area contributed by atoms with Crippen LogP contribution >= 0.6 is 0 Å². The number of nitrogens with zero attached hydrogens (tertiary/aromatic N) is 1. The molecule has 0 aliphatic carbocycles. The largest absolute Gasteiger partial charge is 0.329 e. The van der Waals surface area contributed by atoms with Crippen LogP contribution in [-0.2, 0) is 10.0 Å². The van der Waals surface area contributed by atoms with Gasteiger partial charge in [-0.3, -0.25) is 0 Å². The second-order valence-corrected chi connectivity index (χ2v) is 5.27. The molecule has 0 aromatic rings. The van der Waals surface area contributed by atoms with E-state index in [2.05, 4.69) is 0 Å². The fourth-order valence-electron chi connectivity index (χ4n) is 1.13. The molecule has 0 fully saturated rings. The molecule has 0 rings (SSSR count). The highest BCUT2D eigenvalue weighted by Gasteiger charge is 2.23. The van der Waals surface area contributed by atoms with Gasteiger partial charge >= 0.3 is 0 Å². The first-order chi connectivity index (χ1) is 5.99. The Hall–Kier alpha value is -0.130. The van der Waals surface area contributed by atoms with Gasteiger partial charge in [0.1, 0.15) is 0 Å². The monoisotopic (exact) mass is 208 g/mol. The zero-order valence-corrected chi connectivity index (χ0v) is 9.47. The lowest BCUT2D eigenvalue weighted by atomic mass is 10.2. The topological polar surface area (TPSA) is 63.4 Å². The van der Waals surface area contributed by atoms with Gasteiger partial charge in [0.25, 0.3) is 0 Å². The van der Waals surface area contributed by atoms with Crippen molar-refractivity contribution in [1.29, 1.82) is 0 Å². The molecule has 2 N–H and O–H groups in total. The van der Waals surface area contributed by atoms with Crippen LogP contribution in [0.3, 0.4) is 0 Å². The molecule has 0 amide bonds. The molecule has 4 nitrogen and oxygen atoms in total. The van der Waals surface area contributed by atoms with Crippen LogP contribution in [0.15, 0.2) is 0 Å². The zero-order chi connectivity index (χ0) is 10.5. The predicted octanol–water partition coefficient (Wildman–Crippen LogP) is 0.395. The summed E-state index contributed by atoms with van der Waals surface area (Å²) >= 11 is 0. The van der Waals surface area contributed by atoms with E-state index in [9.17, 15) is 8.42 Å². The first kappa shape index (κ1) is 12.9. The summed E-state index contributed by atoms with van der Waals surface area (Å²) in [7, 11) is -3.08. The minimum absolute atomic E-state index is 0.0495. The molecule has 80 valence electrons. The lowest BCUT2D eigenvalue weighted by Crippen LogP contribution is -2.42. The molecule has 0 saturated carbocycles. The Morgan fingerprint density at radius 1 is 1.38 bits per heavy atom. The van der Waals surface area contributed by atoms with Gasteiger partial charge in [-0.2, -0.15) is 4.31 Å². The minimum Gasteiger partial charge on any atom is -0.329 e. The first-order valence-electron chi connectivity index (χ1n) is 4.69. The van der Waals surface area contributed by atoms with Crippen LogP contribution in [0, 0.1) is 0 Å². The van der Waals surface area contributed by atoms with E-state index in [-0.39, 0.29) is 11.8 Å². The SMILES string of the molecule is CCC(C)N(CCN)S(=O)(=O)CC. The third-order valence-corrected chi connectivity index (χ3v) is 4.14. The van der Waals surface area contributed by atoms with Crippen LogP contribution < -0.4 is 5.73 Å². The molecule has 5 heteroatoms. The fraction of sp³-hybridized carbons (Fsp3) is 1.00. The Balaban J connectivity index is 4.60. The van der Waals surface area contributed by atoms with Crippen molar-refractivity contribution in [2.24, 2.45) is 5.73 Å². The highest BCUT2D eigenvalue weighted by atomic mass is 32.2. The van der Waals surface area contributed by atoms with E-state index >= 15 is 0 Å². The van der Waals surface area contributed by atoms with E-state index in [1.807, 2.05) is 13.8 Å². The third kappa shape index (κ3) is 3.62. The number of hydrogen-bond donors (Lipinski definition) is 1. The van der Waals surface area contributed by atoms with Crippen LogP contribution in [0.1, 0.15) is 27.2 Å². The summed E-state index contributed by atoms with van der Waals surface area (Å²) in [6.45, 7) is 6.33. The van der Waals surface area contributed by atoms with Crippen LogP contribution in [-0.4, -0.2) is 37.6 Å². The summed E-state index contributed by atoms with van der Waals surface area (Å²) in [6.07, 6.45) is 0.819. The van der Waals surface area contributed by atoms with Crippen molar-refractivity contribution < 1.29 is 8.42 Å². The highest BCUT2D eigenvalue weighted by molar-refractivity contribution is 7.89. The Morgan fingerprint density at radius 3 is 2.23 bits per heavy atom. The van der Waals surface area contributed by atoms with Gasteiger partial charge in [0.2, 0.25) is 10.0 Å². The van der Waals surface area contributed by atoms with Gasteiger partial charge < -0.3 is 5.73 Å². The van der Waals surface area contributed by atoms with Crippen molar-refractivity contribution in [3.63, 3.8) is 0 Å². The number of hydrogen-bond acceptors (Lipinski definition) is 3. The van der Waals surface area contributed by atoms with E-state index in [0.717, 1.165) is 6.42 Å². The van der Waals surface area contributed by atoms with Gasteiger partial charge in [-0.1, -0.05) is 6.92 Å². The van der Waals surface area contributed by atoms with Crippen molar-refractivity contribution >= 4 is 10.0 Å². The Bertz CT molecular complexity index is 226. The average molecular weight is 208 g/mol. The second-order valence-electron chi connectivity index (χ2n) is 3.06. The third-order valence-electron chi connectivity index (χ3n) is 2.15. The quantitative estimate of drug-likeness (QED) is 0.687. The van der Waals surface area contributed by atoms with Crippen LogP contribution in [0.4, 0.5) is 0 Å². The van der Waals surface area contributed by atoms with E-state index in [1.54, 1.807) is 6.92 Å². The molecule has 0 aromatic carbocycles. The van der Waals surface area contributed by atoms with Gasteiger partial charge in [0.15, 0.2) is 0 Å². The normalized spacial score (nSPS) is 14.8. The van der Waals surface area contributed by atoms with Crippen molar-refractivity contribution in [3.8, 4) is 0 Å². The van der Waals surface area contributed by atoms with Crippen molar-refractivity contribution in [3.05, 3.63) is 0 Å². The molecular weight excluding hydrogens is 188 g/mol. The van der Waals surface area contributed by atoms with E-state index in [4.69, 9.17) is 5.73 Å². The minimum atomic E-state index is -3.08. The fourth-order valence-corrected chi connectivity index (χ4v) is 2.54. The van der Waals surface area contributed by atoms with E-state index in [0.29, 0.717) is 13.1 Å². The average Bonchev–Trinajstić information content (AvgIpc) is 2.12. The maximum Gasteiger partial charge on any atom is 0.214 e. The maximum absolute atomic E-state index is 11.6. The number of rotatable bonds is 6. The smallest absolute Gasteiger partial charge is 0.214 e. The number of nitrogens with two attached hydrogens (primary N) is 1. The Kier molecular flexibility index (Phi) is 5.51. The standard InChI is InChI=1S/C8H20N2O2S/c1-4-8(3)10(7-6-9)13(11,12)5-2/h8H,4-7,9H2,1-3H3. The van der Waals surface area contributed by atoms with Crippen LogP contribution in [0.5, 0.6) is 0 Å². The molecule has 1 atom stereocenters. The molecule has 0 aromatic heterocycles. The maximum atomic E-state index is 11.6. The molecular formula is C8H20N2O2S. The van der Waals surface area contributed by atoms with Gasteiger partial charge in [0, 0.05) is 19.1 Å². The van der Waals surface area contributed by atoms with Gasteiger partial charge in [-0.25, -0.2) is 8.42 Å². The van der Waals surface area contributed by atoms with Gasteiger partial charge in [-0.15, -0.1) is 0 Å². The zero-order valence-electron chi connectivity index (χ0n) is 8.66. The molecule has 0 spiro atoms. The lowest BCUT2D eigenvalue weighted by Gasteiger charge is -2.26. The predicted molar refractivity (Wildman–Crippen MR) is 55.0 cm³/mol. The summed E-state index contributed by atoms with van der Waals surface area (Å²) < 4.78 is 24.6. The highest BCUT2D eigenvalue weighted by Crippen LogP contribution is 2.09. The number of sulfonamides is 1. The first-order valence-corrected chi connectivity index (χ1v) is 6.30. The molecule has 0 bridgehead atoms. The van der Waals surface area contributed by atoms with E-state index in [1.165, 1.54) is 4.31 Å². The molecule has 13 heavy (non-hydrogen) atoms. The second kappa shape index (κ2) is 5.57. The summed E-state index contributed by atoms with van der Waals surface area (Å²) in [4.78, 5) is 0. The Labute approximate surface area is 81.2 Å². The van der Waals surface area contributed by atoms with Crippen molar-refractivity contribution in [1.82, 2.24) is 4.31 Å². The molecule has 0 aliphatic heterocycles. The summed E-state index contributed by atoms with van der Waals surface area (Å²) in [5, 5.41) is 0. The molecule has 0 aliphatic rings. The van der Waals surface area contributed by atoms with Crippen LogP contribution in [0.25, 0.3) is 0 Å². The van der Waals surface area contributed by atoms with Crippen molar-refractivity contribution in [2.75, 3.05) is 18.8 Å². The van der Waals surface area contributed by atoms with Gasteiger partial charge in [-0.05, 0) is 20.3 Å². The van der Waals surface area contributed by atoms with E-state index < -0.39 is 10.0 Å². The molecule has 1 unspecified atom stereocenters. The summed E-state index contributed by atoms with van der Waals surface area (Å²) in [5.41, 5.74) is 5.37. The molecule has 0 radical (unpaired) electrons. The molecule has 0 saturated heterocycles.